The standard InChI is InChI=1S/C16H13N3O/c20-11-14-1-2-15(12-3-7-17-8-4-12)19-16(14)13-5-9-18-10-6-13/h1-10,20H,11H2. The van der Waals surface area contributed by atoms with Crippen molar-refractivity contribution in [2.75, 3.05) is 0 Å². The molecule has 3 aromatic heterocycles. The van der Waals surface area contributed by atoms with Gasteiger partial charge in [0.1, 0.15) is 0 Å². The molecule has 3 rings (SSSR count). The van der Waals surface area contributed by atoms with Gasteiger partial charge in [0.25, 0.3) is 0 Å². The zero-order chi connectivity index (χ0) is 13.8. The average Bonchev–Trinajstić information content (AvgIpc) is 2.56. The Morgan fingerprint density at radius 3 is 1.95 bits per heavy atom. The van der Waals surface area contributed by atoms with E-state index in [1.54, 1.807) is 24.8 Å². The SMILES string of the molecule is OCc1ccc(-c2ccncc2)nc1-c1ccncc1. The van der Waals surface area contributed by atoms with Gasteiger partial charge in [-0.1, -0.05) is 6.07 Å². The molecule has 3 aromatic rings. The highest BCUT2D eigenvalue weighted by atomic mass is 16.3. The zero-order valence-corrected chi connectivity index (χ0v) is 10.8. The minimum atomic E-state index is -0.0404. The third kappa shape index (κ3) is 2.41. The summed E-state index contributed by atoms with van der Waals surface area (Å²) in [6.07, 6.45) is 6.92. The van der Waals surface area contributed by atoms with Crippen molar-refractivity contribution in [2.24, 2.45) is 0 Å². The van der Waals surface area contributed by atoms with Crippen LogP contribution in [0.25, 0.3) is 22.5 Å². The maximum Gasteiger partial charge on any atom is 0.0765 e. The number of aliphatic hydroxyl groups excluding tert-OH is 1. The Kier molecular flexibility index (Phi) is 3.48. The molecule has 0 saturated carbocycles. The lowest BCUT2D eigenvalue weighted by molar-refractivity contribution is 0.282. The van der Waals surface area contributed by atoms with Crippen molar-refractivity contribution in [2.45, 2.75) is 6.61 Å². The number of aromatic nitrogens is 3. The van der Waals surface area contributed by atoms with Crippen molar-refractivity contribution in [1.29, 1.82) is 0 Å². The molecule has 0 amide bonds. The number of hydrogen-bond donors (Lipinski definition) is 1. The first-order valence-corrected chi connectivity index (χ1v) is 6.30. The Hall–Kier alpha value is -2.59. The number of nitrogens with zero attached hydrogens (tertiary/aromatic N) is 3. The Morgan fingerprint density at radius 1 is 0.750 bits per heavy atom. The van der Waals surface area contributed by atoms with Crippen molar-refractivity contribution in [3.63, 3.8) is 0 Å². The third-order valence-corrected chi connectivity index (χ3v) is 3.08. The molecule has 3 heterocycles. The van der Waals surface area contributed by atoms with E-state index >= 15 is 0 Å². The Labute approximate surface area is 116 Å². The maximum atomic E-state index is 9.48. The van der Waals surface area contributed by atoms with E-state index in [-0.39, 0.29) is 6.61 Å². The summed E-state index contributed by atoms with van der Waals surface area (Å²) in [7, 11) is 0. The molecular formula is C16H13N3O. The van der Waals surface area contributed by atoms with Crippen LogP contribution in [0.3, 0.4) is 0 Å². The van der Waals surface area contributed by atoms with Gasteiger partial charge >= 0.3 is 0 Å². The van der Waals surface area contributed by atoms with E-state index in [0.717, 1.165) is 28.1 Å². The van der Waals surface area contributed by atoms with Crippen LogP contribution in [0.15, 0.2) is 61.2 Å². The Bertz CT molecular complexity index is 699. The molecule has 0 atom stereocenters. The van der Waals surface area contributed by atoms with Gasteiger partial charge in [-0.3, -0.25) is 9.97 Å². The van der Waals surface area contributed by atoms with Gasteiger partial charge < -0.3 is 5.11 Å². The molecule has 4 heteroatoms. The van der Waals surface area contributed by atoms with Gasteiger partial charge in [0.05, 0.1) is 18.0 Å². The van der Waals surface area contributed by atoms with E-state index in [9.17, 15) is 5.11 Å². The summed E-state index contributed by atoms with van der Waals surface area (Å²) in [5.74, 6) is 0. The first-order valence-electron chi connectivity index (χ1n) is 6.30. The minimum absolute atomic E-state index is 0.0404. The molecule has 4 nitrogen and oxygen atoms in total. The van der Waals surface area contributed by atoms with Gasteiger partial charge in [-0.25, -0.2) is 4.98 Å². The van der Waals surface area contributed by atoms with Crippen LogP contribution < -0.4 is 0 Å². The van der Waals surface area contributed by atoms with E-state index in [2.05, 4.69) is 15.0 Å². The van der Waals surface area contributed by atoms with Gasteiger partial charge in [-0.05, 0) is 30.3 Å². The lowest BCUT2D eigenvalue weighted by Gasteiger charge is -2.09. The van der Waals surface area contributed by atoms with Crippen LogP contribution in [0.5, 0.6) is 0 Å². The molecule has 0 unspecified atom stereocenters. The quantitative estimate of drug-likeness (QED) is 0.789. The second-order valence-corrected chi connectivity index (χ2v) is 4.33. The van der Waals surface area contributed by atoms with Crippen molar-refractivity contribution in [3.8, 4) is 22.5 Å². The molecule has 0 aliphatic rings. The van der Waals surface area contributed by atoms with Crippen molar-refractivity contribution >= 4 is 0 Å². The monoisotopic (exact) mass is 263 g/mol. The minimum Gasteiger partial charge on any atom is -0.392 e. The molecule has 0 spiro atoms. The predicted molar refractivity (Wildman–Crippen MR) is 76.6 cm³/mol. The van der Waals surface area contributed by atoms with E-state index in [1.807, 2.05) is 36.4 Å². The molecule has 1 N–H and O–H groups in total. The normalized spacial score (nSPS) is 10.4. The highest BCUT2D eigenvalue weighted by Gasteiger charge is 2.08. The van der Waals surface area contributed by atoms with Gasteiger partial charge in [-0.15, -0.1) is 0 Å². The second-order valence-electron chi connectivity index (χ2n) is 4.33. The van der Waals surface area contributed by atoms with E-state index in [0.29, 0.717) is 0 Å². The van der Waals surface area contributed by atoms with E-state index < -0.39 is 0 Å². The predicted octanol–water partition coefficient (Wildman–Crippen LogP) is 2.70. The first-order chi connectivity index (χ1) is 9.88. The van der Waals surface area contributed by atoms with E-state index in [1.165, 1.54) is 0 Å². The number of pyridine rings is 3. The number of rotatable bonds is 3. The Morgan fingerprint density at radius 2 is 1.35 bits per heavy atom. The molecule has 0 fully saturated rings. The highest BCUT2D eigenvalue weighted by molar-refractivity contribution is 5.68. The van der Waals surface area contributed by atoms with E-state index in [4.69, 9.17) is 0 Å². The van der Waals surface area contributed by atoms with Crippen molar-refractivity contribution in [1.82, 2.24) is 15.0 Å². The van der Waals surface area contributed by atoms with Gasteiger partial charge in [0.15, 0.2) is 0 Å². The summed E-state index contributed by atoms with van der Waals surface area (Å²) < 4.78 is 0. The van der Waals surface area contributed by atoms with Crippen LogP contribution >= 0.6 is 0 Å². The third-order valence-electron chi connectivity index (χ3n) is 3.08. The van der Waals surface area contributed by atoms with Gasteiger partial charge in [0, 0.05) is 41.5 Å². The summed E-state index contributed by atoms with van der Waals surface area (Å²) in [5, 5.41) is 9.48. The average molecular weight is 263 g/mol. The molecule has 0 aromatic carbocycles. The second kappa shape index (κ2) is 5.59. The van der Waals surface area contributed by atoms with Crippen molar-refractivity contribution < 1.29 is 5.11 Å². The summed E-state index contributed by atoms with van der Waals surface area (Å²) in [6, 6.07) is 11.4. The summed E-state index contributed by atoms with van der Waals surface area (Å²) in [5.41, 5.74) is 4.38. The van der Waals surface area contributed by atoms with Crippen LogP contribution in [0, 0.1) is 0 Å². The van der Waals surface area contributed by atoms with Crippen LogP contribution in [0.1, 0.15) is 5.56 Å². The maximum absolute atomic E-state index is 9.48. The molecular weight excluding hydrogens is 250 g/mol. The number of aliphatic hydroxyl groups is 1. The highest BCUT2D eigenvalue weighted by Crippen LogP contribution is 2.25. The van der Waals surface area contributed by atoms with Gasteiger partial charge in [-0.2, -0.15) is 0 Å². The van der Waals surface area contributed by atoms with Crippen LogP contribution in [-0.4, -0.2) is 20.1 Å². The molecule has 0 bridgehead atoms. The van der Waals surface area contributed by atoms with Crippen LogP contribution in [0.4, 0.5) is 0 Å². The fraction of sp³-hybridized carbons (Fsp3) is 0.0625. The first kappa shape index (κ1) is 12.4. The van der Waals surface area contributed by atoms with Gasteiger partial charge in [0.2, 0.25) is 0 Å². The summed E-state index contributed by atoms with van der Waals surface area (Å²) in [6.45, 7) is -0.0404. The molecule has 0 aliphatic carbocycles. The molecule has 98 valence electrons. The summed E-state index contributed by atoms with van der Waals surface area (Å²) >= 11 is 0. The molecule has 0 radical (unpaired) electrons. The Balaban J connectivity index is 2.13. The fourth-order valence-electron chi connectivity index (χ4n) is 2.06. The zero-order valence-electron chi connectivity index (χ0n) is 10.8. The summed E-state index contributed by atoms with van der Waals surface area (Å²) in [4.78, 5) is 12.7. The smallest absolute Gasteiger partial charge is 0.0765 e. The molecule has 0 saturated heterocycles. The molecule has 0 aliphatic heterocycles. The lowest BCUT2D eigenvalue weighted by Crippen LogP contribution is -1.95. The molecule has 20 heavy (non-hydrogen) atoms. The van der Waals surface area contributed by atoms with Crippen LogP contribution in [0.2, 0.25) is 0 Å². The topological polar surface area (TPSA) is 58.9 Å². The number of hydrogen-bond acceptors (Lipinski definition) is 4. The van der Waals surface area contributed by atoms with Crippen LogP contribution in [-0.2, 0) is 6.61 Å². The largest absolute Gasteiger partial charge is 0.392 e. The van der Waals surface area contributed by atoms with Crippen molar-refractivity contribution in [3.05, 3.63) is 66.7 Å². The lowest BCUT2D eigenvalue weighted by atomic mass is 10.1. The fourth-order valence-corrected chi connectivity index (χ4v) is 2.06.